The molecule has 1 N–H and O–H groups in total. The number of β-amino-alcohol motifs (C(OH)–C–C–N with tert-alkyl or cyclic N) is 1. The largest absolute Gasteiger partial charge is 0.491 e. The summed E-state index contributed by atoms with van der Waals surface area (Å²) >= 11 is 0. The van der Waals surface area contributed by atoms with Gasteiger partial charge in [0.15, 0.2) is 0 Å². The number of benzene rings is 1. The molecule has 0 saturated carbocycles. The quantitative estimate of drug-likeness (QED) is 0.715. The standard InChI is InChI=1S/C23H37N3O3/c1-2-24-11-13-26(14-12-24)18-21(27)19-28-22-5-3-4-20(16-22)17-25-9-6-23(7-10-25)8-15-29-23/h3-5,16,21,27H,2,6-15,17-19H2,1H3/t21-/m0/s1. The fraction of sp³-hybridized carbons (Fsp3) is 0.739. The normalized spacial score (nSPS) is 24.3. The van der Waals surface area contributed by atoms with Gasteiger partial charge in [-0.25, -0.2) is 0 Å². The van der Waals surface area contributed by atoms with Gasteiger partial charge in [-0.1, -0.05) is 19.1 Å². The average molecular weight is 404 g/mol. The molecule has 3 aliphatic rings. The number of piperidine rings is 1. The highest BCUT2D eigenvalue weighted by Gasteiger charge is 2.40. The molecule has 1 aromatic carbocycles. The first-order valence-electron chi connectivity index (χ1n) is 11.3. The zero-order valence-corrected chi connectivity index (χ0v) is 17.9. The maximum Gasteiger partial charge on any atom is 0.119 e. The van der Waals surface area contributed by atoms with Crippen LogP contribution in [0.3, 0.4) is 0 Å². The van der Waals surface area contributed by atoms with Crippen molar-refractivity contribution in [1.82, 2.24) is 14.7 Å². The second-order valence-electron chi connectivity index (χ2n) is 8.90. The second-order valence-corrected chi connectivity index (χ2v) is 8.90. The van der Waals surface area contributed by atoms with Crippen LogP contribution < -0.4 is 4.74 Å². The molecule has 3 saturated heterocycles. The Bertz CT molecular complexity index is 634. The number of likely N-dealkylation sites (tertiary alicyclic amines) is 1. The Balaban J connectivity index is 1.19. The van der Waals surface area contributed by atoms with E-state index in [9.17, 15) is 5.11 Å². The monoisotopic (exact) mass is 403 g/mol. The fourth-order valence-corrected chi connectivity index (χ4v) is 4.73. The van der Waals surface area contributed by atoms with Crippen molar-refractivity contribution in [3.05, 3.63) is 29.8 Å². The van der Waals surface area contributed by atoms with E-state index in [1.54, 1.807) is 0 Å². The minimum atomic E-state index is -0.451. The van der Waals surface area contributed by atoms with E-state index >= 15 is 0 Å². The third-order valence-electron chi connectivity index (χ3n) is 6.86. The molecular formula is C23H37N3O3. The molecule has 3 heterocycles. The van der Waals surface area contributed by atoms with Crippen LogP contribution in [0.5, 0.6) is 5.75 Å². The van der Waals surface area contributed by atoms with Gasteiger partial charge in [-0.3, -0.25) is 9.80 Å². The van der Waals surface area contributed by atoms with Crippen LogP contribution >= 0.6 is 0 Å². The molecule has 0 aromatic heterocycles. The highest BCUT2D eigenvalue weighted by molar-refractivity contribution is 5.28. The summed E-state index contributed by atoms with van der Waals surface area (Å²) in [6.45, 7) is 12.7. The van der Waals surface area contributed by atoms with Crippen LogP contribution in [-0.2, 0) is 11.3 Å². The summed E-state index contributed by atoms with van der Waals surface area (Å²) in [6, 6.07) is 8.34. The van der Waals surface area contributed by atoms with E-state index in [1.807, 2.05) is 6.07 Å². The Hall–Kier alpha value is -1.18. The summed E-state index contributed by atoms with van der Waals surface area (Å²) in [5, 5.41) is 10.4. The van der Waals surface area contributed by atoms with Crippen molar-refractivity contribution in [2.24, 2.45) is 0 Å². The van der Waals surface area contributed by atoms with E-state index in [4.69, 9.17) is 9.47 Å². The predicted octanol–water partition coefficient (Wildman–Crippen LogP) is 1.82. The molecule has 1 spiro atoms. The van der Waals surface area contributed by atoms with Crippen LogP contribution in [0, 0.1) is 0 Å². The minimum absolute atomic E-state index is 0.209. The molecule has 0 aliphatic carbocycles. The molecule has 1 atom stereocenters. The van der Waals surface area contributed by atoms with Crippen LogP contribution in [0.2, 0.25) is 0 Å². The molecule has 3 aliphatic heterocycles. The summed E-state index contributed by atoms with van der Waals surface area (Å²) in [6.07, 6.45) is 3.09. The number of ether oxygens (including phenoxy) is 2. The average Bonchev–Trinajstić information content (AvgIpc) is 2.73. The van der Waals surface area contributed by atoms with Crippen molar-refractivity contribution in [3.8, 4) is 5.75 Å². The number of hydrogen-bond donors (Lipinski definition) is 1. The summed E-state index contributed by atoms with van der Waals surface area (Å²) in [5.41, 5.74) is 1.49. The lowest BCUT2D eigenvalue weighted by molar-refractivity contribution is -0.173. The Morgan fingerprint density at radius 3 is 2.41 bits per heavy atom. The first-order valence-corrected chi connectivity index (χ1v) is 11.3. The number of rotatable bonds is 8. The smallest absolute Gasteiger partial charge is 0.119 e. The molecule has 0 unspecified atom stereocenters. The second kappa shape index (κ2) is 9.75. The molecule has 0 radical (unpaired) electrons. The molecule has 6 heteroatoms. The van der Waals surface area contributed by atoms with Crippen LogP contribution in [0.15, 0.2) is 24.3 Å². The lowest BCUT2D eigenvalue weighted by Crippen LogP contribution is -2.52. The van der Waals surface area contributed by atoms with Crippen LogP contribution in [0.1, 0.15) is 31.7 Å². The minimum Gasteiger partial charge on any atom is -0.491 e. The summed E-state index contributed by atoms with van der Waals surface area (Å²) in [5.74, 6) is 0.855. The number of likely N-dealkylation sites (N-methyl/N-ethyl adjacent to an activating group) is 1. The van der Waals surface area contributed by atoms with Crippen molar-refractivity contribution < 1.29 is 14.6 Å². The molecule has 3 fully saturated rings. The van der Waals surface area contributed by atoms with E-state index < -0.39 is 6.10 Å². The lowest BCUT2D eigenvalue weighted by atomic mass is 9.84. The fourth-order valence-electron chi connectivity index (χ4n) is 4.73. The maximum atomic E-state index is 10.4. The highest BCUT2D eigenvalue weighted by Crippen LogP contribution is 2.37. The number of piperazine rings is 1. The van der Waals surface area contributed by atoms with Crippen molar-refractivity contribution in [1.29, 1.82) is 0 Å². The first-order chi connectivity index (χ1) is 14.1. The number of aliphatic hydroxyl groups is 1. The summed E-state index contributed by atoms with van der Waals surface area (Å²) in [4.78, 5) is 7.30. The van der Waals surface area contributed by atoms with E-state index in [-0.39, 0.29) is 5.60 Å². The Kier molecular flexibility index (Phi) is 7.08. The molecule has 162 valence electrons. The molecule has 4 rings (SSSR count). The van der Waals surface area contributed by atoms with Crippen molar-refractivity contribution in [2.45, 2.75) is 44.4 Å². The van der Waals surface area contributed by atoms with E-state index in [0.29, 0.717) is 13.2 Å². The Morgan fingerprint density at radius 2 is 1.76 bits per heavy atom. The number of aliphatic hydroxyl groups excluding tert-OH is 1. The predicted molar refractivity (Wildman–Crippen MR) is 114 cm³/mol. The van der Waals surface area contributed by atoms with Gasteiger partial charge in [-0.15, -0.1) is 0 Å². The van der Waals surface area contributed by atoms with Crippen LogP contribution in [0.4, 0.5) is 0 Å². The van der Waals surface area contributed by atoms with Crippen molar-refractivity contribution in [2.75, 3.05) is 65.6 Å². The Labute approximate surface area is 175 Å². The van der Waals surface area contributed by atoms with Crippen molar-refractivity contribution in [3.63, 3.8) is 0 Å². The highest BCUT2D eigenvalue weighted by atomic mass is 16.5. The maximum absolute atomic E-state index is 10.4. The molecule has 29 heavy (non-hydrogen) atoms. The number of nitrogens with zero attached hydrogens (tertiary/aromatic N) is 3. The van der Waals surface area contributed by atoms with Crippen molar-refractivity contribution >= 4 is 0 Å². The number of hydrogen-bond acceptors (Lipinski definition) is 6. The van der Waals surface area contributed by atoms with Gasteiger partial charge in [0.05, 0.1) is 12.2 Å². The SMILES string of the molecule is CCN1CCN(C[C@H](O)COc2cccc(CN3CCC4(CCO4)CC3)c2)CC1. The molecule has 0 amide bonds. The van der Waals surface area contributed by atoms with Gasteiger partial charge in [0.2, 0.25) is 0 Å². The van der Waals surface area contributed by atoms with Crippen LogP contribution in [-0.4, -0.2) is 97.1 Å². The molecule has 6 nitrogen and oxygen atoms in total. The summed E-state index contributed by atoms with van der Waals surface area (Å²) in [7, 11) is 0. The van der Waals surface area contributed by atoms with E-state index in [2.05, 4.69) is 39.8 Å². The topological polar surface area (TPSA) is 48.4 Å². The summed E-state index contributed by atoms with van der Waals surface area (Å²) < 4.78 is 11.7. The van der Waals surface area contributed by atoms with Gasteiger partial charge < -0.3 is 19.5 Å². The van der Waals surface area contributed by atoms with Gasteiger partial charge in [0, 0.05) is 52.4 Å². The third-order valence-corrected chi connectivity index (χ3v) is 6.86. The van der Waals surface area contributed by atoms with Crippen LogP contribution in [0.25, 0.3) is 0 Å². The van der Waals surface area contributed by atoms with E-state index in [0.717, 1.165) is 77.6 Å². The molecule has 1 aromatic rings. The van der Waals surface area contributed by atoms with Gasteiger partial charge in [0.1, 0.15) is 18.5 Å². The molecule has 0 bridgehead atoms. The van der Waals surface area contributed by atoms with Gasteiger partial charge in [-0.05, 0) is 43.5 Å². The third kappa shape index (κ3) is 5.70. The van der Waals surface area contributed by atoms with Gasteiger partial charge in [-0.2, -0.15) is 0 Å². The lowest BCUT2D eigenvalue weighted by Gasteiger charge is -2.47. The van der Waals surface area contributed by atoms with Gasteiger partial charge in [0.25, 0.3) is 0 Å². The Morgan fingerprint density at radius 1 is 1.03 bits per heavy atom. The van der Waals surface area contributed by atoms with E-state index in [1.165, 1.54) is 12.0 Å². The first kappa shape index (κ1) is 21.1. The van der Waals surface area contributed by atoms with Gasteiger partial charge >= 0.3 is 0 Å². The zero-order valence-electron chi connectivity index (χ0n) is 17.9. The molecular weight excluding hydrogens is 366 g/mol. The zero-order chi connectivity index (χ0) is 20.1.